The van der Waals surface area contributed by atoms with E-state index in [1.807, 2.05) is 31.3 Å². The SMILES string of the molecule is C=C/C(=C\N(C)C)c1cccc(-c2ccc(C3=CC(C)N=C3)c(N3CC[C@@H](NCC(C)=O)C3)n2)c1. The van der Waals surface area contributed by atoms with Crippen LogP contribution in [0, 0.1) is 0 Å². The van der Waals surface area contributed by atoms with Crippen LogP contribution in [0.15, 0.2) is 66.3 Å². The highest BCUT2D eigenvalue weighted by molar-refractivity contribution is 6.13. The van der Waals surface area contributed by atoms with Crippen molar-refractivity contribution in [3.63, 3.8) is 0 Å². The topological polar surface area (TPSA) is 60.8 Å². The van der Waals surface area contributed by atoms with Crippen LogP contribution in [0.5, 0.6) is 0 Å². The molecule has 1 unspecified atom stereocenters. The Labute approximate surface area is 208 Å². The van der Waals surface area contributed by atoms with E-state index >= 15 is 0 Å². The van der Waals surface area contributed by atoms with Gasteiger partial charge in [-0.1, -0.05) is 36.9 Å². The summed E-state index contributed by atoms with van der Waals surface area (Å²) in [6, 6.07) is 13.2. The molecule has 182 valence electrons. The molecule has 35 heavy (non-hydrogen) atoms. The van der Waals surface area contributed by atoms with Crippen LogP contribution in [0.1, 0.15) is 31.4 Å². The van der Waals surface area contributed by atoms with Crippen molar-refractivity contribution in [1.82, 2.24) is 15.2 Å². The molecule has 1 saturated heterocycles. The van der Waals surface area contributed by atoms with Crippen molar-refractivity contribution >= 4 is 29.0 Å². The molecule has 1 fully saturated rings. The molecule has 4 rings (SSSR count). The molecule has 0 radical (unpaired) electrons. The largest absolute Gasteiger partial charge is 0.383 e. The Morgan fingerprint density at radius 1 is 1.29 bits per heavy atom. The normalized spacial score (nSPS) is 19.7. The van der Waals surface area contributed by atoms with Crippen molar-refractivity contribution in [2.75, 3.05) is 38.6 Å². The molecule has 0 bridgehead atoms. The summed E-state index contributed by atoms with van der Waals surface area (Å²) in [5, 5.41) is 3.39. The fraction of sp³-hybridized carbons (Fsp3) is 0.345. The Morgan fingerprint density at radius 3 is 2.80 bits per heavy atom. The lowest BCUT2D eigenvalue weighted by Crippen LogP contribution is -2.35. The number of carbonyl (C=O) groups excluding carboxylic acids is 1. The molecule has 0 saturated carbocycles. The van der Waals surface area contributed by atoms with E-state index < -0.39 is 0 Å². The van der Waals surface area contributed by atoms with Gasteiger partial charge in [-0.2, -0.15) is 0 Å². The average Bonchev–Trinajstić information content (AvgIpc) is 3.50. The van der Waals surface area contributed by atoms with Crippen molar-refractivity contribution in [3.8, 4) is 11.3 Å². The Bertz CT molecular complexity index is 1190. The fourth-order valence-corrected chi connectivity index (χ4v) is 4.57. The Kier molecular flexibility index (Phi) is 7.61. The number of hydrogen-bond donors (Lipinski definition) is 1. The van der Waals surface area contributed by atoms with Gasteiger partial charge in [-0.25, -0.2) is 4.98 Å². The minimum atomic E-state index is 0.160. The lowest BCUT2D eigenvalue weighted by atomic mass is 10.0. The molecule has 3 heterocycles. The maximum Gasteiger partial charge on any atom is 0.143 e. The van der Waals surface area contributed by atoms with E-state index in [2.05, 4.69) is 77.4 Å². The monoisotopic (exact) mass is 469 g/mol. The minimum absolute atomic E-state index is 0.160. The molecule has 2 aliphatic rings. The van der Waals surface area contributed by atoms with Crippen LogP contribution in [0.4, 0.5) is 5.82 Å². The van der Waals surface area contributed by atoms with Crippen LogP contribution < -0.4 is 10.2 Å². The number of anilines is 1. The second-order valence-electron chi connectivity index (χ2n) is 9.56. The number of allylic oxidation sites excluding steroid dienone is 3. The summed E-state index contributed by atoms with van der Waals surface area (Å²) >= 11 is 0. The maximum atomic E-state index is 11.4. The van der Waals surface area contributed by atoms with Crippen LogP contribution in [-0.2, 0) is 4.79 Å². The summed E-state index contributed by atoms with van der Waals surface area (Å²) in [4.78, 5) is 25.5. The van der Waals surface area contributed by atoms with E-state index in [9.17, 15) is 4.79 Å². The van der Waals surface area contributed by atoms with Crippen LogP contribution in [-0.4, -0.2) is 67.7 Å². The summed E-state index contributed by atoms with van der Waals surface area (Å²) in [6.07, 6.45) is 9.07. The first-order valence-corrected chi connectivity index (χ1v) is 12.2. The van der Waals surface area contributed by atoms with E-state index in [1.165, 1.54) is 0 Å². The third kappa shape index (κ3) is 5.95. The highest BCUT2D eigenvalue weighted by Gasteiger charge is 2.27. The summed E-state index contributed by atoms with van der Waals surface area (Å²) in [5.41, 5.74) is 6.38. The Morgan fingerprint density at radius 2 is 2.11 bits per heavy atom. The first-order chi connectivity index (χ1) is 16.8. The van der Waals surface area contributed by atoms with Gasteiger partial charge in [0.05, 0.1) is 18.3 Å². The molecular weight excluding hydrogens is 434 g/mol. The number of rotatable bonds is 9. The number of aromatic nitrogens is 1. The lowest BCUT2D eigenvalue weighted by molar-refractivity contribution is -0.116. The quantitative estimate of drug-likeness (QED) is 0.550. The molecule has 2 atom stereocenters. The van der Waals surface area contributed by atoms with Gasteiger partial charge in [0.15, 0.2) is 0 Å². The van der Waals surface area contributed by atoms with Gasteiger partial charge in [-0.15, -0.1) is 0 Å². The fourth-order valence-electron chi connectivity index (χ4n) is 4.57. The molecule has 1 aromatic heterocycles. The summed E-state index contributed by atoms with van der Waals surface area (Å²) in [7, 11) is 4.02. The zero-order chi connectivity index (χ0) is 24.9. The van der Waals surface area contributed by atoms with Crippen molar-refractivity contribution in [1.29, 1.82) is 0 Å². The van der Waals surface area contributed by atoms with Crippen molar-refractivity contribution in [2.24, 2.45) is 4.99 Å². The number of aliphatic imine (C=N–C) groups is 1. The Balaban J connectivity index is 1.70. The molecule has 0 amide bonds. The van der Waals surface area contributed by atoms with Crippen LogP contribution in [0.3, 0.4) is 0 Å². The van der Waals surface area contributed by atoms with E-state index in [-0.39, 0.29) is 17.9 Å². The zero-order valence-electron chi connectivity index (χ0n) is 21.2. The number of benzene rings is 1. The number of hydrogen-bond acceptors (Lipinski definition) is 6. The smallest absolute Gasteiger partial charge is 0.143 e. The number of pyridine rings is 1. The van der Waals surface area contributed by atoms with E-state index in [0.29, 0.717) is 6.54 Å². The molecule has 2 aliphatic heterocycles. The number of nitrogens with zero attached hydrogens (tertiary/aromatic N) is 4. The van der Waals surface area contributed by atoms with E-state index in [1.54, 1.807) is 6.92 Å². The highest BCUT2D eigenvalue weighted by Crippen LogP contribution is 2.33. The molecule has 2 aromatic rings. The lowest BCUT2D eigenvalue weighted by Gasteiger charge is -2.22. The van der Waals surface area contributed by atoms with Crippen molar-refractivity contribution in [3.05, 3.63) is 72.5 Å². The molecular formula is C29H35N5O. The van der Waals surface area contributed by atoms with Crippen LogP contribution in [0.25, 0.3) is 22.4 Å². The first kappa shape index (κ1) is 24.6. The van der Waals surface area contributed by atoms with Gasteiger partial charge in [0, 0.05) is 62.3 Å². The van der Waals surface area contributed by atoms with Gasteiger partial charge in [0.2, 0.25) is 0 Å². The van der Waals surface area contributed by atoms with Gasteiger partial charge in [-0.05, 0) is 49.6 Å². The van der Waals surface area contributed by atoms with E-state index in [4.69, 9.17) is 4.98 Å². The van der Waals surface area contributed by atoms with Gasteiger partial charge < -0.3 is 15.1 Å². The number of carbonyl (C=O) groups is 1. The maximum absolute atomic E-state index is 11.4. The second kappa shape index (κ2) is 10.8. The highest BCUT2D eigenvalue weighted by atomic mass is 16.1. The predicted molar refractivity (Wildman–Crippen MR) is 147 cm³/mol. The summed E-state index contributed by atoms with van der Waals surface area (Å²) in [5.74, 6) is 1.13. The number of nitrogens with one attached hydrogen (secondary N) is 1. The Hall–Kier alpha value is -3.51. The van der Waals surface area contributed by atoms with Crippen molar-refractivity contribution < 1.29 is 4.79 Å². The van der Waals surface area contributed by atoms with Gasteiger partial charge in [0.25, 0.3) is 0 Å². The van der Waals surface area contributed by atoms with Crippen LogP contribution in [0.2, 0.25) is 0 Å². The first-order valence-electron chi connectivity index (χ1n) is 12.2. The van der Waals surface area contributed by atoms with Crippen LogP contribution >= 0.6 is 0 Å². The standard InChI is InChI=1S/C29H35N5O/c1-6-22(18-33(4)5)23-8-7-9-24(15-23)28-11-10-27(25-14-20(2)30-17-25)29(32-28)34-13-12-26(19-34)31-16-21(3)35/h6-11,14-15,17-18,20,26,31H,1,12-13,16,19H2,2-5H3/b22-18+/t20?,26-/m1/s1. The minimum Gasteiger partial charge on any atom is -0.383 e. The second-order valence-corrected chi connectivity index (χ2v) is 9.56. The van der Waals surface area contributed by atoms with E-state index in [0.717, 1.165) is 58.9 Å². The van der Waals surface area contributed by atoms with Gasteiger partial charge >= 0.3 is 0 Å². The number of ketones is 1. The summed E-state index contributed by atoms with van der Waals surface area (Å²) in [6.45, 7) is 9.83. The average molecular weight is 470 g/mol. The zero-order valence-corrected chi connectivity index (χ0v) is 21.2. The number of Topliss-reactive ketones (excluding diaryl/α,β-unsaturated/α-hetero) is 1. The molecule has 6 nitrogen and oxygen atoms in total. The molecule has 0 aliphatic carbocycles. The third-order valence-corrected chi connectivity index (χ3v) is 6.29. The summed E-state index contributed by atoms with van der Waals surface area (Å²) < 4.78 is 0. The van der Waals surface area contributed by atoms with Gasteiger partial charge in [0.1, 0.15) is 11.6 Å². The van der Waals surface area contributed by atoms with Crippen molar-refractivity contribution in [2.45, 2.75) is 32.4 Å². The molecule has 1 aromatic carbocycles. The van der Waals surface area contributed by atoms with Gasteiger partial charge in [-0.3, -0.25) is 9.79 Å². The predicted octanol–water partition coefficient (Wildman–Crippen LogP) is 4.45. The molecule has 6 heteroatoms. The molecule has 0 spiro atoms. The third-order valence-electron chi connectivity index (χ3n) is 6.29. The molecule has 1 N–H and O–H groups in total.